The molecule has 3 nitrogen and oxygen atoms in total. The summed E-state index contributed by atoms with van der Waals surface area (Å²) in [6.07, 6.45) is 3.48. The fourth-order valence-electron chi connectivity index (χ4n) is 1.99. The van der Waals surface area contributed by atoms with Crippen molar-refractivity contribution < 1.29 is 4.39 Å². The van der Waals surface area contributed by atoms with Gasteiger partial charge in [0.05, 0.1) is 5.69 Å². The monoisotopic (exact) mass is 267 g/mol. The second-order valence-electron chi connectivity index (χ2n) is 4.55. The van der Waals surface area contributed by atoms with Crippen molar-refractivity contribution in [3.63, 3.8) is 0 Å². The minimum Gasteiger partial charge on any atom is -0.325 e. The van der Waals surface area contributed by atoms with E-state index < -0.39 is 0 Å². The van der Waals surface area contributed by atoms with Crippen LogP contribution in [0.1, 0.15) is 5.56 Å². The lowest BCUT2D eigenvalue weighted by Crippen LogP contribution is -2.01. The maximum atomic E-state index is 13.7. The normalized spacial score (nSPS) is 10.5. The Morgan fingerprint density at radius 3 is 2.65 bits per heavy atom. The Morgan fingerprint density at radius 2 is 1.90 bits per heavy atom. The smallest absolute Gasteiger partial charge is 0.212 e. The highest BCUT2D eigenvalue weighted by Crippen LogP contribution is 2.20. The molecule has 0 unspecified atom stereocenters. The third-order valence-corrected chi connectivity index (χ3v) is 3.10. The van der Waals surface area contributed by atoms with Crippen LogP contribution in [0.4, 0.5) is 16.0 Å². The molecular weight excluding hydrogens is 253 g/mol. The molecule has 1 aromatic heterocycles. The summed E-state index contributed by atoms with van der Waals surface area (Å²) in [4.78, 5) is 4.27. The summed E-state index contributed by atoms with van der Waals surface area (Å²) in [5.74, 6) is 0.432. The number of hydrogen-bond acceptors (Lipinski definition) is 2. The average molecular weight is 267 g/mol. The van der Waals surface area contributed by atoms with Crippen LogP contribution in [-0.4, -0.2) is 9.55 Å². The second-order valence-corrected chi connectivity index (χ2v) is 4.55. The van der Waals surface area contributed by atoms with Gasteiger partial charge in [0.1, 0.15) is 5.82 Å². The number of imidazole rings is 1. The lowest BCUT2D eigenvalue weighted by molar-refractivity contribution is 0.617. The van der Waals surface area contributed by atoms with Gasteiger partial charge < -0.3 is 5.32 Å². The summed E-state index contributed by atoms with van der Waals surface area (Å²) in [7, 11) is 0. The number of nitrogens with one attached hydrogen (secondary N) is 1. The molecule has 3 rings (SSSR count). The van der Waals surface area contributed by atoms with E-state index >= 15 is 0 Å². The van der Waals surface area contributed by atoms with Crippen LogP contribution < -0.4 is 5.32 Å². The van der Waals surface area contributed by atoms with Crippen molar-refractivity contribution in [3.8, 4) is 5.69 Å². The number of benzene rings is 2. The third kappa shape index (κ3) is 2.40. The molecule has 2 aromatic carbocycles. The molecule has 100 valence electrons. The van der Waals surface area contributed by atoms with Crippen LogP contribution in [0, 0.1) is 12.7 Å². The van der Waals surface area contributed by atoms with Gasteiger partial charge >= 0.3 is 0 Å². The van der Waals surface area contributed by atoms with Crippen LogP contribution in [0.15, 0.2) is 60.9 Å². The first-order valence-corrected chi connectivity index (χ1v) is 6.36. The van der Waals surface area contributed by atoms with Gasteiger partial charge in [-0.15, -0.1) is 0 Å². The first kappa shape index (κ1) is 12.4. The van der Waals surface area contributed by atoms with Crippen LogP contribution in [0.2, 0.25) is 0 Å². The summed E-state index contributed by atoms with van der Waals surface area (Å²) in [5, 5.41) is 3.21. The van der Waals surface area contributed by atoms with Crippen molar-refractivity contribution in [1.82, 2.24) is 9.55 Å². The number of hydrogen-bond donors (Lipinski definition) is 1. The largest absolute Gasteiger partial charge is 0.325 e. The van der Waals surface area contributed by atoms with E-state index in [1.807, 2.05) is 41.0 Å². The predicted octanol–water partition coefficient (Wildman–Crippen LogP) is 4.06. The van der Waals surface area contributed by atoms with Crippen LogP contribution in [0.25, 0.3) is 5.69 Å². The highest BCUT2D eigenvalue weighted by molar-refractivity contribution is 5.55. The Balaban J connectivity index is 1.95. The van der Waals surface area contributed by atoms with Crippen molar-refractivity contribution in [2.75, 3.05) is 5.32 Å². The quantitative estimate of drug-likeness (QED) is 0.775. The van der Waals surface area contributed by atoms with Crippen LogP contribution in [-0.2, 0) is 0 Å². The maximum Gasteiger partial charge on any atom is 0.212 e. The molecule has 0 saturated heterocycles. The first-order valence-electron chi connectivity index (χ1n) is 6.36. The number of halogens is 1. The van der Waals surface area contributed by atoms with E-state index in [2.05, 4.69) is 10.3 Å². The molecule has 3 aromatic rings. The van der Waals surface area contributed by atoms with Gasteiger partial charge in [-0.2, -0.15) is 0 Å². The van der Waals surface area contributed by atoms with Gasteiger partial charge in [-0.3, -0.25) is 4.57 Å². The summed E-state index contributed by atoms with van der Waals surface area (Å²) in [6, 6.07) is 14.9. The number of rotatable bonds is 3. The Kier molecular flexibility index (Phi) is 3.21. The van der Waals surface area contributed by atoms with Gasteiger partial charge in [0.2, 0.25) is 5.95 Å². The zero-order valence-electron chi connectivity index (χ0n) is 11.0. The molecular formula is C16H14FN3. The molecule has 0 bridgehead atoms. The molecule has 0 fully saturated rings. The molecule has 1 heterocycles. The average Bonchev–Trinajstić information content (AvgIpc) is 2.91. The fraction of sp³-hybridized carbons (Fsp3) is 0.0625. The maximum absolute atomic E-state index is 13.7. The highest BCUT2D eigenvalue weighted by Gasteiger charge is 2.07. The summed E-state index contributed by atoms with van der Waals surface area (Å²) < 4.78 is 15.5. The zero-order valence-corrected chi connectivity index (χ0v) is 11.0. The fourth-order valence-corrected chi connectivity index (χ4v) is 1.99. The molecule has 1 N–H and O–H groups in total. The topological polar surface area (TPSA) is 29.9 Å². The highest BCUT2D eigenvalue weighted by atomic mass is 19.1. The molecule has 0 spiro atoms. The van der Waals surface area contributed by atoms with Gasteiger partial charge in [-0.25, -0.2) is 9.37 Å². The summed E-state index contributed by atoms with van der Waals surface area (Å²) in [5.41, 5.74) is 2.31. The first-order chi connectivity index (χ1) is 9.74. The second kappa shape index (κ2) is 5.17. The molecule has 0 radical (unpaired) electrons. The standard InChI is InChI=1S/C16H14FN3/c1-12-7-8-14(11-15(12)17)20-10-9-18-16(20)19-13-5-3-2-4-6-13/h2-11H,1H3,(H,18,19). The summed E-state index contributed by atoms with van der Waals surface area (Å²) in [6.45, 7) is 1.75. The van der Waals surface area contributed by atoms with E-state index in [4.69, 9.17) is 0 Å². The van der Waals surface area contributed by atoms with E-state index in [1.165, 1.54) is 6.07 Å². The Hall–Kier alpha value is -2.62. The molecule has 0 aliphatic carbocycles. The van der Waals surface area contributed by atoms with Crippen molar-refractivity contribution >= 4 is 11.6 Å². The molecule has 0 amide bonds. The van der Waals surface area contributed by atoms with Crippen molar-refractivity contribution in [3.05, 3.63) is 72.3 Å². The molecule has 0 aliphatic rings. The minimum absolute atomic E-state index is 0.220. The van der Waals surface area contributed by atoms with E-state index in [9.17, 15) is 4.39 Å². The number of aromatic nitrogens is 2. The van der Waals surface area contributed by atoms with Crippen molar-refractivity contribution in [2.24, 2.45) is 0 Å². The van der Waals surface area contributed by atoms with E-state index in [0.717, 1.165) is 11.4 Å². The number of nitrogens with zero attached hydrogens (tertiary/aromatic N) is 2. The van der Waals surface area contributed by atoms with E-state index in [-0.39, 0.29) is 5.82 Å². The van der Waals surface area contributed by atoms with Gasteiger partial charge in [-0.05, 0) is 36.8 Å². The lowest BCUT2D eigenvalue weighted by atomic mass is 10.2. The van der Waals surface area contributed by atoms with Gasteiger partial charge in [-0.1, -0.05) is 24.3 Å². The molecule has 0 saturated carbocycles. The van der Waals surface area contributed by atoms with Crippen molar-refractivity contribution in [2.45, 2.75) is 6.92 Å². The van der Waals surface area contributed by atoms with Gasteiger partial charge in [0.15, 0.2) is 0 Å². The Bertz CT molecular complexity index is 720. The summed E-state index contributed by atoms with van der Waals surface area (Å²) >= 11 is 0. The lowest BCUT2D eigenvalue weighted by Gasteiger charge is -2.10. The third-order valence-electron chi connectivity index (χ3n) is 3.10. The SMILES string of the molecule is Cc1ccc(-n2ccnc2Nc2ccccc2)cc1F. The molecule has 4 heteroatoms. The zero-order chi connectivity index (χ0) is 13.9. The van der Waals surface area contributed by atoms with E-state index in [0.29, 0.717) is 11.5 Å². The van der Waals surface area contributed by atoms with Crippen LogP contribution >= 0.6 is 0 Å². The minimum atomic E-state index is -0.220. The Morgan fingerprint density at radius 1 is 1.10 bits per heavy atom. The Labute approximate surface area is 116 Å². The molecule has 0 aliphatic heterocycles. The predicted molar refractivity (Wildman–Crippen MR) is 78.0 cm³/mol. The number of aryl methyl sites for hydroxylation is 1. The van der Waals surface area contributed by atoms with Gasteiger partial charge in [0, 0.05) is 18.1 Å². The van der Waals surface area contributed by atoms with Gasteiger partial charge in [0.25, 0.3) is 0 Å². The van der Waals surface area contributed by atoms with Crippen LogP contribution in [0.5, 0.6) is 0 Å². The molecule has 0 atom stereocenters. The van der Waals surface area contributed by atoms with E-state index in [1.54, 1.807) is 25.4 Å². The molecule has 20 heavy (non-hydrogen) atoms. The van der Waals surface area contributed by atoms with Crippen molar-refractivity contribution in [1.29, 1.82) is 0 Å². The number of para-hydroxylation sites is 1. The number of anilines is 2. The van der Waals surface area contributed by atoms with Crippen LogP contribution in [0.3, 0.4) is 0 Å².